The third kappa shape index (κ3) is 3.60. The van der Waals surface area contributed by atoms with Gasteiger partial charge in [-0.15, -0.1) is 0 Å². The highest BCUT2D eigenvalue weighted by atomic mass is 16.1. The smallest absolute Gasteiger partial charge is 0.229 e. The van der Waals surface area contributed by atoms with Crippen LogP contribution in [0.2, 0.25) is 0 Å². The molecule has 116 valence electrons. The highest BCUT2D eigenvalue weighted by Gasteiger charge is 2.08. The average Bonchev–Trinajstić information content (AvgIpc) is 2.96. The molecule has 6 nitrogen and oxygen atoms in total. The summed E-state index contributed by atoms with van der Waals surface area (Å²) in [6.07, 6.45) is 5.25. The molecule has 1 aromatic carbocycles. The molecule has 0 saturated carbocycles. The van der Waals surface area contributed by atoms with Crippen molar-refractivity contribution in [3.05, 3.63) is 66.0 Å². The summed E-state index contributed by atoms with van der Waals surface area (Å²) in [4.78, 5) is 24.6. The van der Waals surface area contributed by atoms with Crippen LogP contribution in [0.15, 0.2) is 49.1 Å². The zero-order chi connectivity index (χ0) is 16.2. The third-order valence-corrected chi connectivity index (χ3v) is 3.48. The van der Waals surface area contributed by atoms with Crippen LogP contribution in [0, 0.1) is 13.8 Å². The summed E-state index contributed by atoms with van der Waals surface area (Å²) < 4.78 is 1.83. The number of benzene rings is 1. The minimum Gasteiger partial charge on any atom is -0.310 e. The number of rotatable bonds is 4. The zero-order valence-electron chi connectivity index (χ0n) is 13.0. The summed E-state index contributed by atoms with van der Waals surface area (Å²) in [5.41, 5.74) is 2.14. The first-order chi connectivity index (χ1) is 11.1. The quantitative estimate of drug-likeness (QED) is 0.803. The second-order valence-electron chi connectivity index (χ2n) is 5.32. The molecule has 6 heteroatoms. The number of anilines is 1. The van der Waals surface area contributed by atoms with E-state index in [1.165, 1.54) is 11.9 Å². The van der Waals surface area contributed by atoms with Crippen molar-refractivity contribution < 1.29 is 4.79 Å². The second kappa shape index (κ2) is 6.39. The predicted molar refractivity (Wildman–Crippen MR) is 87.4 cm³/mol. The fraction of sp³-hybridized carbons (Fsp3) is 0.176. The Labute approximate surface area is 134 Å². The summed E-state index contributed by atoms with van der Waals surface area (Å²) in [7, 11) is 0. The van der Waals surface area contributed by atoms with Crippen molar-refractivity contribution in [3.63, 3.8) is 0 Å². The minimum absolute atomic E-state index is 0.110. The lowest BCUT2D eigenvalue weighted by Gasteiger charge is -2.07. The number of carbonyl (C=O) groups is 1. The molecule has 3 rings (SSSR count). The van der Waals surface area contributed by atoms with E-state index in [0.717, 1.165) is 11.4 Å². The average molecular weight is 307 g/mol. The van der Waals surface area contributed by atoms with Crippen LogP contribution in [0.5, 0.6) is 0 Å². The van der Waals surface area contributed by atoms with Gasteiger partial charge < -0.3 is 5.32 Å². The molecule has 1 N–H and O–H groups in total. The van der Waals surface area contributed by atoms with Gasteiger partial charge in [0, 0.05) is 18.5 Å². The van der Waals surface area contributed by atoms with E-state index in [0.29, 0.717) is 18.1 Å². The molecule has 0 bridgehead atoms. The molecular weight excluding hydrogens is 290 g/mol. The van der Waals surface area contributed by atoms with E-state index in [1.807, 2.05) is 48.9 Å². The van der Waals surface area contributed by atoms with Gasteiger partial charge in [-0.2, -0.15) is 0 Å². The van der Waals surface area contributed by atoms with Gasteiger partial charge in [0.05, 0.1) is 6.42 Å². The summed E-state index contributed by atoms with van der Waals surface area (Å²) >= 11 is 0. The van der Waals surface area contributed by atoms with E-state index in [1.54, 1.807) is 12.3 Å². The van der Waals surface area contributed by atoms with Crippen LogP contribution >= 0.6 is 0 Å². The lowest BCUT2D eigenvalue weighted by atomic mass is 10.1. The fourth-order valence-electron chi connectivity index (χ4n) is 2.25. The molecule has 0 aliphatic heterocycles. The molecule has 0 aliphatic rings. The molecule has 3 aromatic rings. The van der Waals surface area contributed by atoms with Crippen molar-refractivity contribution in [2.45, 2.75) is 20.3 Å². The maximum absolute atomic E-state index is 12.1. The Morgan fingerprint density at radius 1 is 1.13 bits per heavy atom. The molecule has 0 atom stereocenters. The topological polar surface area (TPSA) is 72.7 Å². The summed E-state index contributed by atoms with van der Waals surface area (Å²) in [6, 6.07) is 9.62. The molecule has 1 amide bonds. The van der Waals surface area contributed by atoms with Crippen molar-refractivity contribution in [3.8, 4) is 5.82 Å². The number of hydrogen-bond donors (Lipinski definition) is 1. The van der Waals surface area contributed by atoms with Crippen LogP contribution in [-0.4, -0.2) is 25.4 Å². The largest absolute Gasteiger partial charge is 0.310 e. The number of nitrogens with one attached hydrogen (secondary N) is 1. The van der Waals surface area contributed by atoms with Crippen molar-refractivity contribution in [1.82, 2.24) is 19.5 Å². The molecule has 0 spiro atoms. The molecule has 2 aromatic heterocycles. The van der Waals surface area contributed by atoms with Crippen LogP contribution in [-0.2, 0) is 11.2 Å². The minimum atomic E-state index is -0.110. The predicted octanol–water partition coefficient (Wildman–Crippen LogP) is 2.46. The highest BCUT2D eigenvalue weighted by molar-refractivity contribution is 5.91. The van der Waals surface area contributed by atoms with Gasteiger partial charge in [0.2, 0.25) is 5.91 Å². The van der Waals surface area contributed by atoms with Gasteiger partial charge >= 0.3 is 0 Å². The molecular formula is C17H17N5O. The molecule has 0 aliphatic carbocycles. The van der Waals surface area contributed by atoms with Gasteiger partial charge in [-0.3, -0.25) is 9.36 Å². The normalized spacial score (nSPS) is 10.5. The molecule has 0 radical (unpaired) electrons. The second-order valence-corrected chi connectivity index (χ2v) is 5.32. The number of amides is 1. The highest BCUT2D eigenvalue weighted by Crippen LogP contribution is 2.11. The maximum atomic E-state index is 12.1. The first-order valence-corrected chi connectivity index (χ1v) is 7.29. The van der Waals surface area contributed by atoms with Crippen LogP contribution in [0.4, 0.5) is 5.82 Å². The van der Waals surface area contributed by atoms with Crippen LogP contribution < -0.4 is 5.32 Å². The number of aromatic nitrogens is 4. The van der Waals surface area contributed by atoms with Crippen molar-refractivity contribution >= 4 is 11.7 Å². The lowest BCUT2D eigenvalue weighted by molar-refractivity contribution is -0.115. The number of hydrogen-bond acceptors (Lipinski definition) is 4. The molecule has 0 fully saturated rings. The third-order valence-electron chi connectivity index (χ3n) is 3.48. The van der Waals surface area contributed by atoms with E-state index in [-0.39, 0.29) is 5.91 Å². The summed E-state index contributed by atoms with van der Waals surface area (Å²) in [5, 5.41) is 2.80. The van der Waals surface area contributed by atoms with Gasteiger partial charge in [0.25, 0.3) is 0 Å². The first kappa shape index (κ1) is 14.9. The van der Waals surface area contributed by atoms with Gasteiger partial charge in [0.1, 0.15) is 23.8 Å². The Bertz CT molecular complexity index is 823. The Morgan fingerprint density at radius 2 is 1.91 bits per heavy atom. The van der Waals surface area contributed by atoms with E-state index in [4.69, 9.17) is 0 Å². The SMILES string of the molecule is Cc1ccc(CC(=O)Nc2cc(-n3ccnc3C)ncn2)cc1. The monoisotopic (exact) mass is 307 g/mol. The Kier molecular flexibility index (Phi) is 4.14. The van der Waals surface area contributed by atoms with E-state index >= 15 is 0 Å². The van der Waals surface area contributed by atoms with Crippen LogP contribution in [0.25, 0.3) is 5.82 Å². The summed E-state index contributed by atoms with van der Waals surface area (Å²) in [5.74, 6) is 1.85. The van der Waals surface area contributed by atoms with Crippen molar-refractivity contribution in [2.24, 2.45) is 0 Å². The van der Waals surface area contributed by atoms with E-state index in [9.17, 15) is 4.79 Å². The molecule has 0 saturated heterocycles. The number of aryl methyl sites for hydroxylation is 2. The summed E-state index contributed by atoms with van der Waals surface area (Å²) in [6.45, 7) is 3.90. The standard InChI is InChI=1S/C17H17N5O/c1-12-3-5-14(6-4-12)9-17(23)21-15-10-16(20-11-19-15)22-8-7-18-13(22)2/h3-8,10-11H,9H2,1-2H3,(H,19,20,21,23). The Morgan fingerprint density at radius 3 is 2.61 bits per heavy atom. The van der Waals surface area contributed by atoms with Gasteiger partial charge in [-0.1, -0.05) is 29.8 Å². The van der Waals surface area contributed by atoms with Gasteiger partial charge in [-0.25, -0.2) is 15.0 Å². The maximum Gasteiger partial charge on any atom is 0.229 e. The number of imidazole rings is 1. The molecule has 2 heterocycles. The molecule has 0 unspecified atom stereocenters. The van der Waals surface area contributed by atoms with Crippen molar-refractivity contribution in [1.29, 1.82) is 0 Å². The Balaban J connectivity index is 1.71. The fourth-order valence-corrected chi connectivity index (χ4v) is 2.25. The van der Waals surface area contributed by atoms with Gasteiger partial charge in [-0.05, 0) is 19.4 Å². The number of nitrogens with zero attached hydrogens (tertiary/aromatic N) is 4. The number of carbonyl (C=O) groups excluding carboxylic acids is 1. The van der Waals surface area contributed by atoms with Gasteiger partial charge in [0.15, 0.2) is 0 Å². The zero-order valence-corrected chi connectivity index (χ0v) is 13.0. The van der Waals surface area contributed by atoms with Crippen LogP contribution in [0.1, 0.15) is 17.0 Å². The molecule has 23 heavy (non-hydrogen) atoms. The van der Waals surface area contributed by atoms with E-state index < -0.39 is 0 Å². The van der Waals surface area contributed by atoms with Crippen molar-refractivity contribution in [2.75, 3.05) is 5.32 Å². The van der Waals surface area contributed by atoms with E-state index in [2.05, 4.69) is 20.3 Å². The lowest BCUT2D eigenvalue weighted by Crippen LogP contribution is -2.16. The first-order valence-electron chi connectivity index (χ1n) is 7.29. The Hall–Kier alpha value is -3.02. The van der Waals surface area contributed by atoms with Crippen LogP contribution in [0.3, 0.4) is 0 Å².